The third-order valence-electron chi connectivity index (χ3n) is 12.7. The number of nitrogens with zero attached hydrogens (tertiary/aromatic N) is 3. The highest BCUT2D eigenvalue weighted by atomic mass is 14.9. The Kier molecular flexibility index (Phi) is 8.07. The van der Waals surface area contributed by atoms with E-state index in [1.165, 1.54) is 66.8 Å². The molecule has 0 fully saturated rings. The summed E-state index contributed by atoms with van der Waals surface area (Å²) in [6.07, 6.45) is 3.67. The molecule has 3 heteroatoms. The SMILES string of the molecule is c1ccc(-c2ccc(-c3cc(-c4ccc(-c5ccncc5)cc4)nc(-c4ccc5c(c4)C4(c6ccccc6-c6ccccc6-5)c5ccccc5-c5ccccc54)n3)cc2)cc1. The Labute approximate surface area is 355 Å². The third kappa shape index (κ3) is 5.55. The van der Waals surface area contributed by atoms with Gasteiger partial charge in [-0.25, -0.2) is 9.97 Å². The molecule has 61 heavy (non-hydrogen) atoms. The van der Waals surface area contributed by atoms with Crippen LogP contribution >= 0.6 is 0 Å². The van der Waals surface area contributed by atoms with Gasteiger partial charge in [-0.15, -0.1) is 0 Å². The highest BCUT2D eigenvalue weighted by Gasteiger charge is 2.49. The van der Waals surface area contributed by atoms with E-state index in [1.54, 1.807) is 0 Å². The Morgan fingerprint density at radius 2 is 0.639 bits per heavy atom. The minimum Gasteiger partial charge on any atom is -0.265 e. The van der Waals surface area contributed by atoms with Gasteiger partial charge in [0.1, 0.15) is 0 Å². The quantitative estimate of drug-likeness (QED) is 0.175. The second-order valence-electron chi connectivity index (χ2n) is 15.9. The van der Waals surface area contributed by atoms with Gasteiger partial charge in [0.05, 0.1) is 16.8 Å². The van der Waals surface area contributed by atoms with Gasteiger partial charge in [0.25, 0.3) is 0 Å². The smallest absolute Gasteiger partial charge is 0.160 e. The zero-order chi connectivity index (χ0) is 40.3. The maximum atomic E-state index is 5.41. The first-order valence-corrected chi connectivity index (χ1v) is 20.8. The van der Waals surface area contributed by atoms with Crippen LogP contribution in [0.1, 0.15) is 22.3 Å². The molecule has 2 aliphatic rings. The summed E-state index contributed by atoms with van der Waals surface area (Å²) in [6.45, 7) is 0. The van der Waals surface area contributed by atoms with Gasteiger partial charge in [-0.05, 0) is 102 Å². The molecule has 12 rings (SSSR count). The maximum absolute atomic E-state index is 5.41. The standard InChI is InChI=1S/C58H37N3/c1-2-12-38(13-3-1)39-22-26-42(27-23-39)55-37-56(43-28-24-40(25-29-43)41-32-34-59-35-33-41)61-57(60-55)44-30-31-50-46-15-5-4-14-45(46)47-16-6-9-19-51(47)58(54(50)36-44)52-20-10-7-17-48(52)49-18-8-11-21-53(49)58/h1-37H. The van der Waals surface area contributed by atoms with Crippen LogP contribution in [0.5, 0.6) is 0 Å². The molecule has 284 valence electrons. The third-order valence-corrected chi connectivity index (χ3v) is 12.7. The molecule has 8 aromatic carbocycles. The molecule has 0 atom stereocenters. The number of hydrogen-bond acceptors (Lipinski definition) is 3. The number of pyridine rings is 1. The van der Waals surface area contributed by atoms with Crippen LogP contribution in [-0.4, -0.2) is 15.0 Å². The van der Waals surface area contributed by atoms with Gasteiger partial charge in [0, 0.05) is 29.1 Å². The number of aromatic nitrogens is 3. The molecule has 0 bridgehead atoms. The van der Waals surface area contributed by atoms with Crippen molar-refractivity contribution >= 4 is 0 Å². The van der Waals surface area contributed by atoms with E-state index in [0.717, 1.165) is 39.2 Å². The number of fused-ring (bicyclic) bond motifs is 12. The van der Waals surface area contributed by atoms with Crippen LogP contribution in [0.4, 0.5) is 0 Å². The molecule has 3 nitrogen and oxygen atoms in total. The van der Waals surface area contributed by atoms with Gasteiger partial charge in [-0.2, -0.15) is 0 Å². The summed E-state index contributed by atoms with van der Waals surface area (Å²) in [6, 6.07) is 76.9. The lowest BCUT2D eigenvalue weighted by Crippen LogP contribution is -2.29. The summed E-state index contributed by atoms with van der Waals surface area (Å²) in [5.41, 5.74) is 21.3. The summed E-state index contributed by atoms with van der Waals surface area (Å²) >= 11 is 0. The fraction of sp³-hybridized carbons (Fsp3) is 0.0172. The average molecular weight is 776 g/mol. The summed E-state index contributed by atoms with van der Waals surface area (Å²) < 4.78 is 0. The minimum atomic E-state index is -0.593. The van der Waals surface area contributed by atoms with Crippen molar-refractivity contribution in [3.8, 4) is 89.5 Å². The zero-order valence-electron chi connectivity index (χ0n) is 33.2. The predicted molar refractivity (Wildman–Crippen MR) is 249 cm³/mol. The maximum Gasteiger partial charge on any atom is 0.160 e. The van der Waals surface area contributed by atoms with Gasteiger partial charge >= 0.3 is 0 Å². The highest BCUT2D eigenvalue weighted by Crippen LogP contribution is 2.61. The van der Waals surface area contributed by atoms with Gasteiger partial charge in [-0.3, -0.25) is 4.98 Å². The van der Waals surface area contributed by atoms with E-state index in [4.69, 9.17) is 9.97 Å². The molecule has 2 aliphatic carbocycles. The first-order chi connectivity index (χ1) is 30.2. The zero-order valence-corrected chi connectivity index (χ0v) is 33.2. The van der Waals surface area contributed by atoms with Crippen molar-refractivity contribution < 1.29 is 0 Å². The van der Waals surface area contributed by atoms with Crippen molar-refractivity contribution in [3.05, 3.63) is 247 Å². The van der Waals surface area contributed by atoms with Crippen LogP contribution < -0.4 is 0 Å². The second-order valence-corrected chi connectivity index (χ2v) is 15.9. The molecule has 10 aromatic rings. The van der Waals surface area contributed by atoms with E-state index < -0.39 is 5.41 Å². The Bertz CT molecular complexity index is 3130. The van der Waals surface area contributed by atoms with Crippen LogP contribution in [-0.2, 0) is 5.41 Å². The van der Waals surface area contributed by atoms with E-state index in [1.807, 2.05) is 24.5 Å². The van der Waals surface area contributed by atoms with Crippen molar-refractivity contribution in [1.82, 2.24) is 15.0 Å². The first kappa shape index (κ1) is 35.0. The lowest BCUT2D eigenvalue weighted by Gasteiger charge is -2.35. The number of rotatable bonds is 5. The van der Waals surface area contributed by atoms with Crippen molar-refractivity contribution in [2.75, 3.05) is 0 Å². The monoisotopic (exact) mass is 775 g/mol. The van der Waals surface area contributed by atoms with E-state index in [0.29, 0.717) is 5.82 Å². The van der Waals surface area contributed by atoms with E-state index in [-0.39, 0.29) is 0 Å². The molecule has 0 unspecified atom stereocenters. The van der Waals surface area contributed by atoms with Crippen LogP contribution in [0.25, 0.3) is 89.5 Å². The van der Waals surface area contributed by atoms with Crippen LogP contribution in [0.3, 0.4) is 0 Å². The lowest BCUT2D eigenvalue weighted by molar-refractivity contribution is 0.775. The van der Waals surface area contributed by atoms with Gasteiger partial charge in [0.2, 0.25) is 0 Å². The molecule has 0 amide bonds. The molecule has 0 saturated carbocycles. The molecule has 0 aliphatic heterocycles. The molecular weight excluding hydrogens is 739 g/mol. The second kappa shape index (κ2) is 14.1. The summed E-state index contributed by atoms with van der Waals surface area (Å²) in [5, 5.41) is 0. The average Bonchev–Trinajstić information content (AvgIpc) is 3.59. The van der Waals surface area contributed by atoms with E-state index >= 15 is 0 Å². The van der Waals surface area contributed by atoms with Gasteiger partial charge < -0.3 is 0 Å². The Hall–Kier alpha value is -8.01. The summed E-state index contributed by atoms with van der Waals surface area (Å²) in [5.74, 6) is 0.682. The van der Waals surface area contributed by atoms with Crippen molar-refractivity contribution in [3.63, 3.8) is 0 Å². The Morgan fingerprint density at radius 1 is 0.262 bits per heavy atom. The van der Waals surface area contributed by atoms with E-state index in [9.17, 15) is 0 Å². The molecule has 2 heterocycles. The van der Waals surface area contributed by atoms with Crippen LogP contribution in [0, 0.1) is 0 Å². The van der Waals surface area contributed by atoms with Crippen molar-refractivity contribution in [2.24, 2.45) is 0 Å². The molecule has 2 aromatic heterocycles. The summed E-state index contributed by atoms with van der Waals surface area (Å²) in [4.78, 5) is 15.0. The van der Waals surface area contributed by atoms with E-state index in [2.05, 4.69) is 205 Å². The van der Waals surface area contributed by atoms with Crippen LogP contribution in [0.15, 0.2) is 225 Å². The lowest BCUT2D eigenvalue weighted by atomic mass is 9.65. The fourth-order valence-corrected chi connectivity index (χ4v) is 9.90. The topological polar surface area (TPSA) is 38.7 Å². The fourth-order valence-electron chi connectivity index (χ4n) is 9.90. The predicted octanol–water partition coefficient (Wildman–Crippen LogP) is 14.2. The molecule has 0 radical (unpaired) electrons. The summed E-state index contributed by atoms with van der Waals surface area (Å²) in [7, 11) is 0. The van der Waals surface area contributed by atoms with Gasteiger partial charge in [-0.1, -0.05) is 188 Å². The highest BCUT2D eigenvalue weighted by molar-refractivity contribution is 5.98. The molecule has 0 N–H and O–H groups in total. The van der Waals surface area contributed by atoms with Crippen LogP contribution in [0.2, 0.25) is 0 Å². The molecular formula is C58H37N3. The molecule has 0 saturated heterocycles. The first-order valence-electron chi connectivity index (χ1n) is 20.8. The minimum absolute atomic E-state index is 0.593. The normalized spacial score (nSPS) is 12.7. The number of hydrogen-bond donors (Lipinski definition) is 0. The largest absolute Gasteiger partial charge is 0.265 e. The van der Waals surface area contributed by atoms with Crippen molar-refractivity contribution in [1.29, 1.82) is 0 Å². The molecule has 1 spiro atoms. The van der Waals surface area contributed by atoms with Gasteiger partial charge in [0.15, 0.2) is 5.82 Å². The van der Waals surface area contributed by atoms with Crippen molar-refractivity contribution in [2.45, 2.75) is 5.41 Å². The Morgan fingerprint density at radius 3 is 1.16 bits per heavy atom. The Balaban J connectivity index is 1.10. The number of benzene rings is 8.